The highest BCUT2D eigenvalue weighted by molar-refractivity contribution is 8.18. The molecule has 0 aromatic heterocycles. The van der Waals surface area contributed by atoms with E-state index >= 15 is 0 Å². The van der Waals surface area contributed by atoms with Crippen LogP contribution in [0.3, 0.4) is 0 Å². The number of morpholine rings is 1. The first-order valence-electron chi connectivity index (χ1n) is 8.80. The van der Waals surface area contributed by atoms with Gasteiger partial charge in [-0.2, -0.15) is 4.99 Å². The zero-order valence-corrected chi connectivity index (χ0v) is 16.8. The van der Waals surface area contributed by atoms with E-state index in [1.165, 1.54) is 23.5 Å². The fourth-order valence-electron chi connectivity index (χ4n) is 2.94. The van der Waals surface area contributed by atoms with Crippen LogP contribution in [0.25, 0.3) is 0 Å². The van der Waals surface area contributed by atoms with Crippen LogP contribution in [0.15, 0.2) is 20.5 Å². The average Bonchev–Trinajstić information content (AvgIpc) is 2.92. The summed E-state index contributed by atoms with van der Waals surface area (Å²) in [5, 5.41) is 4.09. The molecule has 3 heterocycles. The molecule has 1 N–H and O–H groups in total. The molecule has 0 aliphatic carbocycles. The van der Waals surface area contributed by atoms with Gasteiger partial charge in [0.05, 0.1) is 24.0 Å². The van der Waals surface area contributed by atoms with Crippen LogP contribution in [0, 0.1) is 5.92 Å². The maximum atomic E-state index is 12.2. The van der Waals surface area contributed by atoms with Crippen molar-refractivity contribution in [2.75, 3.05) is 45.1 Å². The molecular formula is C17H24N4O3S2. The molecular weight excluding hydrogens is 372 g/mol. The van der Waals surface area contributed by atoms with Gasteiger partial charge in [-0.05, 0) is 37.3 Å². The molecule has 9 heteroatoms. The molecule has 3 aliphatic heterocycles. The van der Waals surface area contributed by atoms with Crippen LogP contribution in [0.1, 0.15) is 20.3 Å². The fraction of sp³-hybridized carbons (Fsp3) is 0.647. The van der Waals surface area contributed by atoms with E-state index in [0.29, 0.717) is 11.7 Å². The van der Waals surface area contributed by atoms with Gasteiger partial charge >= 0.3 is 0 Å². The third-order valence-corrected chi connectivity index (χ3v) is 6.57. The molecule has 26 heavy (non-hydrogen) atoms. The highest BCUT2D eigenvalue weighted by Gasteiger charge is 2.36. The summed E-state index contributed by atoms with van der Waals surface area (Å²) < 4.78 is 5.32. The number of amidine groups is 1. The number of hydrogen-bond acceptors (Lipinski definition) is 7. The molecule has 1 fully saturated rings. The van der Waals surface area contributed by atoms with E-state index in [4.69, 9.17) is 4.74 Å². The summed E-state index contributed by atoms with van der Waals surface area (Å²) in [5.74, 6) is -0.316. The number of hydrogen-bond donors (Lipinski definition) is 1. The fourth-order valence-corrected chi connectivity index (χ4v) is 4.80. The Labute approximate surface area is 162 Å². The van der Waals surface area contributed by atoms with Crippen molar-refractivity contribution in [1.29, 1.82) is 0 Å². The van der Waals surface area contributed by atoms with Gasteiger partial charge in [-0.15, -0.1) is 0 Å². The average molecular weight is 397 g/mol. The van der Waals surface area contributed by atoms with Gasteiger partial charge < -0.3 is 10.1 Å². The Hall–Kier alpha value is -1.16. The van der Waals surface area contributed by atoms with E-state index in [2.05, 4.69) is 20.2 Å². The van der Waals surface area contributed by atoms with Crippen molar-refractivity contribution in [3.05, 3.63) is 10.5 Å². The molecule has 0 spiro atoms. The largest absolute Gasteiger partial charge is 0.379 e. The Morgan fingerprint density at radius 3 is 2.88 bits per heavy atom. The Morgan fingerprint density at radius 2 is 2.12 bits per heavy atom. The lowest BCUT2D eigenvalue weighted by Crippen LogP contribution is -2.38. The minimum absolute atomic E-state index is 0.0565. The second-order valence-electron chi connectivity index (χ2n) is 6.40. The first-order valence-corrected chi connectivity index (χ1v) is 10.6. The summed E-state index contributed by atoms with van der Waals surface area (Å²) in [6.45, 7) is 9.07. The van der Waals surface area contributed by atoms with Crippen molar-refractivity contribution in [3.8, 4) is 0 Å². The summed E-state index contributed by atoms with van der Waals surface area (Å²) in [6.07, 6.45) is 0.917. The number of carbonyl (C=O) groups excluding carboxylic acids is 2. The van der Waals surface area contributed by atoms with E-state index < -0.39 is 0 Å². The van der Waals surface area contributed by atoms with Gasteiger partial charge in [0.15, 0.2) is 5.17 Å². The van der Waals surface area contributed by atoms with Crippen molar-refractivity contribution in [1.82, 2.24) is 10.2 Å². The van der Waals surface area contributed by atoms with Crippen molar-refractivity contribution in [2.24, 2.45) is 15.9 Å². The Kier molecular flexibility index (Phi) is 6.91. The molecule has 3 rings (SSSR count). The number of aliphatic imine (C=N–C) groups is 2. The Morgan fingerprint density at radius 1 is 1.35 bits per heavy atom. The smallest absolute Gasteiger partial charge is 0.262 e. The maximum absolute atomic E-state index is 12.2. The standard InChI is InChI=1S/C17H24N4O3S2/c1-11-12(2)26-16-14(11)15(23)19-17(20-16)25-10-13(22)18-4-3-5-21-6-8-24-9-7-21/h14H,3-10H2,1-2H3,(H,18,22). The van der Waals surface area contributed by atoms with Crippen LogP contribution in [-0.4, -0.2) is 72.1 Å². The number of ether oxygens (including phenoxy) is 1. The molecule has 1 unspecified atom stereocenters. The molecule has 1 atom stereocenters. The lowest BCUT2D eigenvalue weighted by atomic mass is 10.0. The second kappa shape index (κ2) is 9.16. The summed E-state index contributed by atoms with van der Waals surface area (Å²) in [7, 11) is 0. The van der Waals surface area contributed by atoms with Crippen LogP contribution in [0.5, 0.6) is 0 Å². The first-order chi connectivity index (χ1) is 12.5. The highest BCUT2D eigenvalue weighted by Crippen LogP contribution is 2.40. The van der Waals surface area contributed by atoms with Crippen molar-refractivity contribution < 1.29 is 14.3 Å². The van der Waals surface area contributed by atoms with E-state index in [1.54, 1.807) is 0 Å². The molecule has 0 radical (unpaired) electrons. The van der Waals surface area contributed by atoms with Crippen LogP contribution in [-0.2, 0) is 14.3 Å². The second-order valence-corrected chi connectivity index (χ2v) is 8.58. The van der Waals surface area contributed by atoms with E-state index in [-0.39, 0.29) is 23.5 Å². The number of fused-ring (bicyclic) bond motifs is 1. The molecule has 7 nitrogen and oxygen atoms in total. The molecule has 0 bridgehead atoms. The molecule has 0 aromatic rings. The molecule has 2 amide bonds. The lowest BCUT2D eigenvalue weighted by molar-refractivity contribution is -0.119. The molecule has 142 valence electrons. The van der Waals surface area contributed by atoms with Gasteiger partial charge in [-0.3, -0.25) is 14.5 Å². The number of carbonyl (C=O) groups is 2. The highest BCUT2D eigenvalue weighted by atomic mass is 32.2. The van der Waals surface area contributed by atoms with Gasteiger partial charge in [0.1, 0.15) is 5.92 Å². The lowest BCUT2D eigenvalue weighted by Gasteiger charge is -2.26. The van der Waals surface area contributed by atoms with Crippen LogP contribution >= 0.6 is 23.5 Å². The zero-order valence-electron chi connectivity index (χ0n) is 15.1. The van der Waals surface area contributed by atoms with E-state index in [9.17, 15) is 9.59 Å². The maximum Gasteiger partial charge on any atom is 0.262 e. The number of rotatable bonds is 6. The normalized spacial score (nSPS) is 23.6. The number of nitrogens with zero attached hydrogens (tertiary/aromatic N) is 3. The first kappa shape index (κ1) is 19.6. The van der Waals surface area contributed by atoms with Gasteiger partial charge in [0.25, 0.3) is 5.91 Å². The van der Waals surface area contributed by atoms with Gasteiger partial charge in [-0.1, -0.05) is 23.5 Å². The van der Waals surface area contributed by atoms with E-state index in [0.717, 1.165) is 54.8 Å². The third-order valence-electron chi connectivity index (χ3n) is 4.56. The Bertz CT molecular complexity index is 669. The van der Waals surface area contributed by atoms with E-state index in [1.807, 2.05) is 13.8 Å². The number of nitrogens with one attached hydrogen (secondary N) is 1. The van der Waals surface area contributed by atoms with Crippen LogP contribution in [0.4, 0.5) is 0 Å². The summed E-state index contributed by atoms with van der Waals surface area (Å²) in [5.41, 5.74) is 1.03. The van der Waals surface area contributed by atoms with Crippen molar-refractivity contribution in [3.63, 3.8) is 0 Å². The molecule has 0 saturated carbocycles. The molecule has 0 aromatic carbocycles. The van der Waals surface area contributed by atoms with Crippen molar-refractivity contribution in [2.45, 2.75) is 20.3 Å². The number of allylic oxidation sites excluding steroid dienone is 1. The summed E-state index contributed by atoms with van der Waals surface area (Å²) in [6, 6.07) is 0. The van der Waals surface area contributed by atoms with Crippen LogP contribution < -0.4 is 5.32 Å². The predicted octanol–water partition coefficient (Wildman–Crippen LogP) is 1.51. The predicted molar refractivity (Wildman–Crippen MR) is 107 cm³/mol. The minimum atomic E-state index is -0.307. The monoisotopic (exact) mass is 396 g/mol. The summed E-state index contributed by atoms with van der Waals surface area (Å²) in [4.78, 5) is 36.1. The molecule has 1 saturated heterocycles. The van der Waals surface area contributed by atoms with Crippen LogP contribution in [0.2, 0.25) is 0 Å². The van der Waals surface area contributed by atoms with Gasteiger partial charge in [0.2, 0.25) is 5.91 Å². The van der Waals surface area contributed by atoms with Crippen molar-refractivity contribution >= 4 is 45.5 Å². The molecule has 3 aliphatic rings. The topological polar surface area (TPSA) is 83.4 Å². The zero-order chi connectivity index (χ0) is 18.5. The number of thioether (sulfide) groups is 2. The Balaban J connectivity index is 1.36. The third kappa shape index (κ3) is 4.97. The summed E-state index contributed by atoms with van der Waals surface area (Å²) >= 11 is 2.75. The van der Waals surface area contributed by atoms with Gasteiger partial charge in [-0.25, -0.2) is 4.99 Å². The van der Waals surface area contributed by atoms with Gasteiger partial charge in [0, 0.05) is 19.6 Å². The minimum Gasteiger partial charge on any atom is -0.379 e. The number of amides is 2. The SMILES string of the molecule is CC1=C(C)C2C(=O)N=C(SCC(=O)NCCCN3CCOCC3)N=C2S1. The quantitative estimate of drug-likeness (QED) is 0.685.